The standard InChI is InChI=1S/C33H40N6O4/c1-20(2)39-17-25(16-36-39)31(40)37-8-7-22-11-23(24-13-26-21(3)14-34-30(26)35-15-24)12-27(28(22)18-37)29-19-42-10-9-38(29)32(41)43-33(4,5)6/h11-17,20,29H,7-10,18-19H2,1-6H3,(H,34,35). The predicted octanol–water partition coefficient (Wildman–Crippen LogP) is 5.82. The van der Waals surface area contributed by atoms with E-state index in [0.29, 0.717) is 44.8 Å². The molecule has 10 heteroatoms. The van der Waals surface area contributed by atoms with Gasteiger partial charge in [-0.05, 0) is 87.9 Å². The molecular formula is C33H40N6O4. The number of ether oxygens (including phenoxy) is 2. The Labute approximate surface area is 252 Å². The molecule has 3 aromatic heterocycles. The van der Waals surface area contributed by atoms with E-state index in [1.807, 2.05) is 58.1 Å². The summed E-state index contributed by atoms with van der Waals surface area (Å²) < 4.78 is 13.6. The summed E-state index contributed by atoms with van der Waals surface area (Å²) in [6.07, 6.45) is 7.65. The summed E-state index contributed by atoms with van der Waals surface area (Å²) in [7, 11) is 0. The molecule has 2 aliphatic rings. The Morgan fingerprint density at radius 2 is 1.93 bits per heavy atom. The maximum atomic E-state index is 13.6. The van der Waals surface area contributed by atoms with Gasteiger partial charge in [0.15, 0.2) is 0 Å². The molecule has 0 saturated carbocycles. The molecule has 1 aromatic carbocycles. The zero-order chi connectivity index (χ0) is 30.5. The highest BCUT2D eigenvalue weighted by Crippen LogP contribution is 2.37. The first-order chi connectivity index (χ1) is 20.5. The van der Waals surface area contributed by atoms with Crippen molar-refractivity contribution in [1.82, 2.24) is 29.5 Å². The lowest BCUT2D eigenvalue weighted by atomic mass is 9.86. The van der Waals surface area contributed by atoms with Crippen molar-refractivity contribution in [3.05, 3.63) is 70.8 Å². The average Bonchev–Trinajstić information content (AvgIpc) is 3.62. The number of amides is 2. The van der Waals surface area contributed by atoms with E-state index >= 15 is 0 Å². The topological polar surface area (TPSA) is 106 Å². The van der Waals surface area contributed by atoms with E-state index < -0.39 is 5.60 Å². The molecule has 6 rings (SSSR count). The summed E-state index contributed by atoms with van der Waals surface area (Å²) in [5, 5.41) is 5.46. The van der Waals surface area contributed by atoms with Crippen LogP contribution in [0.25, 0.3) is 22.2 Å². The van der Waals surface area contributed by atoms with Gasteiger partial charge in [0, 0.05) is 55.2 Å². The second-order valence-corrected chi connectivity index (χ2v) is 12.8. The van der Waals surface area contributed by atoms with Crippen LogP contribution >= 0.6 is 0 Å². The van der Waals surface area contributed by atoms with E-state index in [-0.39, 0.29) is 24.1 Å². The Kier molecular flexibility index (Phi) is 7.50. The summed E-state index contributed by atoms with van der Waals surface area (Å²) in [4.78, 5) is 38.6. The van der Waals surface area contributed by atoms with Crippen molar-refractivity contribution in [2.45, 2.75) is 72.2 Å². The number of pyridine rings is 1. The fraction of sp³-hybridized carbons (Fsp3) is 0.455. The monoisotopic (exact) mass is 584 g/mol. The van der Waals surface area contributed by atoms with Crippen molar-refractivity contribution in [3.63, 3.8) is 0 Å². The van der Waals surface area contributed by atoms with E-state index in [0.717, 1.165) is 44.4 Å². The van der Waals surface area contributed by atoms with Crippen LogP contribution in [0.15, 0.2) is 43.0 Å². The third-order valence-corrected chi connectivity index (χ3v) is 8.23. The lowest BCUT2D eigenvalue weighted by molar-refractivity contribution is -0.0334. The van der Waals surface area contributed by atoms with Crippen molar-refractivity contribution in [2.75, 3.05) is 26.3 Å². The second-order valence-electron chi connectivity index (χ2n) is 12.8. The van der Waals surface area contributed by atoms with Gasteiger partial charge in [0.05, 0.1) is 31.0 Å². The Morgan fingerprint density at radius 3 is 2.67 bits per heavy atom. The highest BCUT2D eigenvalue weighted by molar-refractivity contribution is 5.94. The minimum atomic E-state index is -0.625. The summed E-state index contributed by atoms with van der Waals surface area (Å²) in [5.74, 6) is -0.0472. The molecule has 2 aliphatic heterocycles. The first kappa shape index (κ1) is 28.9. The number of hydrogen-bond acceptors (Lipinski definition) is 6. The van der Waals surface area contributed by atoms with Crippen LogP contribution in [0.2, 0.25) is 0 Å². The number of carbonyl (C=O) groups is 2. The zero-order valence-corrected chi connectivity index (χ0v) is 25.8. The van der Waals surface area contributed by atoms with Crippen molar-refractivity contribution in [2.24, 2.45) is 0 Å². The van der Waals surface area contributed by atoms with E-state index in [1.165, 1.54) is 0 Å². The van der Waals surface area contributed by atoms with Gasteiger partial charge in [-0.15, -0.1) is 0 Å². The number of carbonyl (C=O) groups excluding carboxylic acids is 2. The van der Waals surface area contributed by atoms with Crippen molar-refractivity contribution in [3.8, 4) is 11.1 Å². The van der Waals surface area contributed by atoms with Gasteiger partial charge in [-0.25, -0.2) is 9.78 Å². The van der Waals surface area contributed by atoms with Crippen LogP contribution in [0.3, 0.4) is 0 Å². The largest absolute Gasteiger partial charge is 0.444 e. The second kappa shape index (κ2) is 11.1. The minimum Gasteiger partial charge on any atom is -0.444 e. The summed E-state index contributed by atoms with van der Waals surface area (Å²) >= 11 is 0. The number of fused-ring (bicyclic) bond motifs is 2. The van der Waals surface area contributed by atoms with E-state index in [2.05, 4.69) is 40.2 Å². The first-order valence-electron chi connectivity index (χ1n) is 15.0. The lowest BCUT2D eigenvalue weighted by Crippen LogP contribution is -2.46. The molecule has 1 atom stereocenters. The Hall–Kier alpha value is -4.18. The maximum Gasteiger partial charge on any atom is 0.410 e. The Balaban J connectivity index is 1.42. The fourth-order valence-electron chi connectivity index (χ4n) is 5.94. The van der Waals surface area contributed by atoms with Crippen molar-refractivity contribution < 1.29 is 19.1 Å². The molecule has 2 amide bonds. The molecule has 1 fully saturated rings. The van der Waals surface area contributed by atoms with E-state index in [1.54, 1.807) is 15.8 Å². The van der Waals surface area contributed by atoms with Gasteiger partial charge in [0.2, 0.25) is 0 Å². The number of aromatic amines is 1. The summed E-state index contributed by atoms with van der Waals surface area (Å²) in [5.41, 5.74) is 7.15. The van der Waals surface area contributed by atoms with E-state index in [4.69, 9.17) is 9.47 Å². The molecule has 226 valence electrons. The van der Waals surface area contributed by atoms with Gasteiger partial charge >= 0.3 is 6.09 Å². The van der Waals surface area contributed by atoms with Gasteiger partial charge in [0.1, 0.15) is 11.2 Å². The number of nitrogens with one attached hydrogen (secondary N) is 1. The van der Waals surface area contributed by atoms with Crippen LogP contribution in [-0.2, 0) is 22.4 Å². The Bertz CT molecular complexity index is 1680. The molecule has 0 spiro atoms. The number of rotatable bonds is 4. The molecule has 10 nitrogen and oxygen atoms in total. The highest BCUT2D eigenvalue weighted by atomic mass is 16.6. The lowest BCUT2D eigenvalue weighted by Gasteiger charge is -2.39. The quantitative estimate of drug-likeness (QED) is 0.324. The number of morpholine rings is 1. The number of nitrogens with zero attached hydrogens (tertiary/aromatic N) is 5. The van der Waals surface area contributed by atoms with Crippen LogP contribution in [0.4, 0.5) is 4.79 Å². The summed E-state index contributed by atoms with van der Waals surface area (Å²) in [6, 6.07) is 6.33. The number of aromatic nitrogens is 4. The molecule has 1 unspecified atom stereocenters. The van der Waals surface area contributed by atoms with Crippen molar-refractivity contribution in [1.29, 1.82) is 0 Å². The first-order valence-corrected chi connectivity index (χ1v) is 15.0. The third kappa shape index (κ3) is 5.76. The summed E-state index contributed by atoms with van der Waals surface area (Å²) in [6.45, 7) is 14.0. The van der Waals surface area contributed by atoms with Gasteiger partial charge in [-0.3, -0.25) is 14.4 Å². The molecule has 0 radical (unpaired) electrons. The Morgan fingerprint density at radius 1 is 1.12 bits per heavy atom. The van der Waals surface area contributed by atoms with Gasteiger partial charge in [0.25, 0.3) is 5.91 Å². The fourth-order valence-corrected chi connectivity index (χ4v) is 5.94. The van der Waals surface area contributed by atoms with Crippen LogP contribution in [0.5, 0.6) is 0 Å². The van der Waals surface area contributed by atoms with Crippen molar-refractivity contribution >= 4 is 23.0 Å². The molecule has 1 saturated heterocycles. The normalized spacial score (nSPS) is 17.4. The third-order valence-electron chi connectivity index (χ3n) is 8.23. The van der Waals surface area contributed by atoms with Gasteiger partial charge in [-0.1, -0.05) is 6.07 Å². The number of aryl methyl sites for hydroxylation is 1. The molecule has 0 bridgehead atoms. The van der Waals surface area contributed by atoms with Crippen LogP contribution < -0.4 is 0 Å². The average molecular weight is 585 g/mol. The van der Waals surface area contributed by atoms with Crippen LogP contribution in [-0.4, -0.2) is 73.5 Å². The van der Waals surface area contributed by atoms with Crippen LogP contribution in [0.1, 0.15) is 79.3 Å². The van der Waals surface area contributed by atoms with E-state index in [9.17, 15) is 9.59 Å². The number of H-pyrrole nitrogens is 1. The smallest absolute Gasteiger partial charge is 0.410 e. The zero-order valence-electron chi connectivity index (χ0n) is 25.8. The molecule has 0 aliphatic carbocycles. The SMILES string of the molecule is Cc1c[nH]c2ncc(-c3cc4c(c(C5COCCN5C(=O)OC(C)(C)C)c3)CN(C(=O)c3cnn(C(C)C)c3)CC4)cc12. The molecule has 43 heavy (non-hydrogen) atoms. The number of hydrogen-bond donors (Lipinski definition) is 1. The molecule has 5 heterocycles. The van der Waals surface area contributed by atoms with Gasteiger partial charge < -0.3 is 19.4 Å². The minimum absolute atomic E-state index is 0.0472. The molecule has 1 N–H and O–H groups in total. The molecular weight excluding hydrogens is 544 g/mol. The predicted molar refractivity (Wildman–Crippen MR) is 164 cm³/mol. The van der Waals surface area contributed by atoms with Crippen LogP contribution in [0, 0.1) is 6.92 Å². The number of benzene rings is 1. The molecule has 4 aromatic rings. The highest BCUT2D eigenvalue weighted by Gasteiger charge is 2.36. The maximum absolute atomic E-state index is 13.6. The van der Waals surface area contributed by atoms with Gasteiger partial charge in [-0.2, -0.15) is 5.10 Å².